The minimum absolute atomic E-state index is 1.23. The molecule has 1 heterocycles. The van der Waals surface area contributed by atoms with Gasteiger partial charge < -0.3 is 4.90 Å². The Morgan fingerprint density at radius 1 is 1.20 bits per heavy atom. The molecule has 0 atom stereocenters. The Kier molecular flexibility index (Phi) is 3.81. The Balaban J connectivity index is 2.16. The van der Waals surface area contributed by atoms with Gasteiger partial charge in [0.15, 0.2) is 0 Å². The molecule has 0 saturated carbocycles. The van der Waals surface area contributed by atoms with Gasteiger partial charge in [-0.05, 0) is 38.9 Å². The van der Waals surface area contributed by atoms with E-state index < -0.39 is 0 Å². The summed E-state index contributed by atoms with van der Waals surface area (Å²) in [5.41, 5.74) is 0. The summed E-state index contributed by atoms with van der Waals surface area (Å²) < 4.78 is 0. The van der Waals surface area contributed by atoms with Crippen LogP contribution >= 0.6 is 0 Å². The largest absolute Gasteiger partial charge is 0.304 e. The van der Waals surface area contributed by atoms with Crippen LogP contribution in [0.4, 0.5) is 0 Å². The highest BCUT2D eigenvalue weighted by Crippen LogP contribution is 2.08. The van der Waals surface area contributed by atoms with Crippen molar-refractivity contribution in [1.82, 2.24) is 4.90 Å². The average molecular weight is 140 g/mol. The molecule has 0 aromatic rings. The standard InChI is InChI=1S/C9H18N/c1-2-10-8-6-4-3-5-7-9-10/h4H,2-3,5-9H2,1H3. The molecule has 1 saturated heterocycles. The van der Waals surface area contributed by atoms with Crippen molar-refractivity contribution in [3.05, 3.63) is 6.42 Å². The summed E-state index contributed by atoms with van der Waals surface area (Å²) in [7, 11) is 0. The van der Waals surface area contributed by atoms with Crippen LogP contribution in [0.1, 0.15) is 32.6 Å². The summed E-state index contributed by atoms with van der Waals surface area (Å²) in [6, 6.07) is 0. The van der Waals surface area contributed by atoms with Gasteiger partial charge in [-0.3, -0.25) is 0 Å². The molecule has 0 aliphatic carbocycles. The molecule has 0 unspecified atom stereocenters. The maximum atomic E-state index is 2.54. The van der Waals surface area contributed by atoms with Crippen molar-refractivity contribution in [3.8, 4) is 0 Å². The van der Waals surface area contributed by atoms with Gasteiger partial charge in [0.05, 0.1) is 0 Å². The molecular weight excluding hydrogens is 122 g/mol. The third kappa shape index (κ3) is 2.70. The molecule has 1 aliphatic rings. The fourth-order valence-corrected chi connectivity index (χ4v) is 1.47. The number of nitrogens with zero attached hydrogens (tertiary/aromatic N) is 1. The summed E-state index contributed by atoms with van der Waals surface area (Å²) in [5, 5.41) is 0. The van der Waals surface area contributed by atoms with Crippen LogP contribution in [-0.2, 0) is 0 Å². The summed E-state index contributed by atoms with van der Waals surface area (Å²) >= 11 is 0. The predicted octanol–water partition coefficient (Wildman–Crippen LogP) is 2.09. The zero-order valence-corrected chi connectivity index (χ0v) is 6.97. The average Bonchev–Trinajstić information content (AvgIpc) is 1.87. The Labute approximate surface area is 64.4 Å². The summed E-state index contributed by atoms with van der Waals surface area (Å²) in [6.07, 6.45) is 7.87. The highest BCUT2D eigenvalue weighted by atomic mass is 15.1. The first-order valence-corrected chi connectivity index (χ1v) is 4.47. The molecule has 1 fully saturated rings. The van der Waals surface area contributed by atoms with Crippen LogP contribution in [0, 0.1) is 6.42 Å². The quantitative estimate of drug-likeness (QED) is 0.539. The topological polar surface area (TPSA) is 3.24 Å². The Morgan fingerprint density at radius 2 is 2.10 bits per heavy atom. The zero-order valence-electron chi connectivity index (χ0n) is 6.97. The minimum atomic E-state index is 1.23. The van der Waals surface area contributed by atoms with Gasteiger partial charge in [-0.15, -0.1) is 0 Å². The van der Waals surface area contributed by atoms with E-state index in [0.29, 0.717) is 0 Å². The van der Waals surface area contributed by atoms with Gasteiger partial charge in [0.25, 0.3) is 0 Å². The van der Waals surface area contributed by atoms with Crippen LogP contribution in [0.2, 0.25) is 0 Å². The lowest BCUT2D eigenvalue weighted by Gasteiger charge is -2.22. The van der Waals surface area contributed by atoms with Crippen LogP contribution in [0.3, 0.4) is 0 Å². The van der Waals surface area contributed by atoms with Gasteiger partial charge in [-0.1, -0.05) is 19.8 Å². The van der Waals surface area contributed by atoms with Crippen LogP contribution in [0.5, 0.6) is 0 Å². The number of hydrogen-bond donors (Lipinski definition) is 0. The van der Waals surface area contributed by atoms with Gasteiger partial charge in [-0.25, -0.2) is 0 Å². The molecule has 0 amide bonds. The van der Waals surface area contributed by atoms with Gasteiger partial charge >= 0.3 is 0 Å². The van der Waals surface area contributed by atoms with Crippen LogP contribution in [0.25, 0.3) is 0 Å². The third-order valence-corrected chi connectivity index (χ3v) is 2.23. The van der Waals surface area contributed by atoms with Crippen molar-refractivity contribution in [2.75, 3.05) is 19.6 Å². The monoisotopic (exact) mass is 140 g/mol. The van der Waals surface area contributed by atoms with Gasteiger partial charge in [-0.2, -0.15) is 0 Å². The van der Waals surface area contributed by atoms with E-state index in [9.17, 15) is 0 Å². The van der Waals surface area contributed by atoms with Gasteiger partial charge in [0.1, 0.15) is 0 Å². The SMILES string of the molecule is CCN1CC[CH]CCCC1. The van der Waals surface area contributed by atoms with Crippen molar-refractivity contribution >= 4 is 0 Å². The Bertz CT molecular complexity index is 72.8. The molecule has 1 nitrogen and oxygen atoms in total. The predicted molar refractivity (Wildman–Crippen MR) is 44.9 cm³/mol. The van der Waals surface area contributed by atoms with Crippen molar-refractivity contribution in [3.63, 3.8) is 0 Å². The first-order valence-electron chi connectivity index (χ1n) is 4.47. The van der Waals surface area contributed by atoms with Crippen molar-refractivity contribution in [2.45, 2.75) is 32.6 Å². The summed E-state index contributed by atoms with van der Waals surface area (Å²) in [6.45, 7) is 6.09. The van der Waals surface area contributed by atoms with Crippen molar-refractivity contribution in [2.24, 2.45) is 0 Å². The summed E-state index contributed by atoms with van der Waals surface area (Å²) in [5.74, 6) is 0. The first kappa shape index (κ1) is 8.06. The van der Waals surface area contributed by atoms with E-state index in [-0.39, 0.29) is 0 Å². The van der Waals surface area contributed by atoms with E-state index in [4.69, 9.17) is 0 Å². The highest BCUT2D eigenvalue weighted by Gasteiger charge is 2.04. The van der Waals surface area contributed by atoms with Gasteiger partial charge in [0.2, 0.25) is 0 Å². The lowest BCUT2D eigenvalue weighted by molar-refractivity contribution is 0.274. The van der Waals surface area contributed by atoms with E-state index in [0.717, 1.165) is 0 Å². The van der Waals surface area contributed by atoms with E-state index in [1.54, 1.807) is 0 Å². The second-order valence-corrected chi connectivity index (χ2v) is 3.01. The number of likely N-dealkylation sites (tertiary alicyclic amines) is 1. The molecule has 0 spiro atoms. The molecule has 1 heteroatoms. The maximum absolute atomic E-state index is 2.54. The van der Waals surface area contributed by atoms with E-state index >= 15 is 0 Å². The van der Waals surface area contributed by atoms with Crippen molar-refractivity contribution in [1.29, 1.82) is 0 Å². The van der Waals surface area contributed by atoms with Crippen LogP contribution in [-0.4, -0.2) is 24.5 Å². The fraction of sp³-hybridized carbons (Fsp3) is 0.889. The minimum Gasteiger partial charge on any atom is -0.304 e. The molecule has 0 bridgehead atoms. The smallest absolute Gasteiger partial charge is 0.00161 e. The molecule has 0 aromatic carbocycles. The first-order chi connectivity index (χ1) is 4.93. The molecule has 1 radical (unpaired) electrons. The van der Waals surface area contributed by atoms with E-state index in [1.165, 1.54) is 45.3 Å². The van der Waals surface area contributed by atoms with Crippen LogP contribution < -0.4 is 0 Å². The number of rotatable bonds is 1. The Morgan fingerprint density at radius 3 is 2.90 bits per heavy atom. The lowest BCUT2D eigenvalue weighted by atomic mass is 10.1. The molecule has 1 rings (SSSR count). The number of hydrogen-bond acceptors (Lipinski definition) is 1. The molecule has 10 heavy (non-hydrogen) atoms. The van der Waals surface area contributed by atoms with Crippen LogP contribution in [0.15, 0.2) is 0 Å². The van der Waals surface area contributed by atoms with E-state index in [1.807, 2.05) is 0 Å². The normalized spacial score (nSPS) is 23.7. The third-order valence-electron chi connectivity index (χ3n) is 2.23. The second kappa shape index (κ2) is 4.73. The summed E-state index contributed by atoms with van der Waals surface area (Å²) in [4.78, 5) is 2.54. The fourth-order valence-electron chi connectivity index (χ4n) is 1.47. The van der Waals surface area contributed by atoms with E-state index in [2.05, 4.69) is 18.2 Å². The second-order valence-electron chi connectivity index (χ2n) is 3.01. The zero-order chi connectivity index (χ0) is 7.23. The molecule has 1 aliphatic heterocycles. The Hall–Kier alpha value is -0.0400. The molecule has 0 aromatic heterocycles. The highest BCUT2D eigenvalue weighted by molar-refractivity contribution is 4.71. The van der Waals surface area contributed by atoms with Crippen molar-refractivity contribution < 1.29 is 0 Å². The molecular formula is C9H18N. The lowest BCUT2D eigenvalue weighted by Crippen LogP contribution is -2.26. The maximum Gasteiger partial charge on any atom is -0.00161 e. The van der Waals surface area contributed by atoms with Gasteiger partial charge in [0, 0.05) is 0 Å². The molecule has 59 valence electrons. The molecule has 0 N–H and O–H groups in total.